The molecule has 2 aromatic carbocycles. The van der Waals surface area contributed by atoms with Crippen molar-refractivity contribution < 1.29 is 22.4 Å². The first-order chi connectivity index (χ1) is 13.7. The Morgan fingerprint density at radius 3 is 2.55 bits per heavy atom. The van der Waals surface area contributed by atoms with E-state index in [1.54, 1.807) is 24.3 Å². The van der Waals surface area contributed by atoms with Crippen molar-refractivity contribution in [2.75, 3.05) is 5.32 Å². The van der Waals surface area contributed by atoms with Gasteiger partial charge in [-0.25, -0.2) is 14.1 Å². The van der Waals surface area contributed by atoms with Gasteiger partial charge in [0, 0.05) is 5.92 Å². The number of carbonyl (C=O) groups excluding carboxylic acids is 1. The molecule has 0 spiro atoms. The van der Waals surface area contributed by atoms with Crippen LogP contribution in [0.25, 0.3) is 5.69 Å². The molecule has 150 valence electrons. The number of anilines is 1. The van der Waals surface area contributed by atoms with Gasteiger partial charge in [0.05, 0.1) is 22.0 Å². The second kappa shape index (κ2) is 7.14. The summed E-state index contributed by atoms with van der Waals surface area (Å²) in [5.74, 6) is -1.59. The van der Waals surface area contributed by atoms with Gasteiger partial charge in [0.25, 0.3) is 5.91 Å². The summed E-state index contributed by atoms with van der Waals surface area (Å²) < 4.78 is 54.0. The van der Waals surface area contributed by atoms with E-state index in [1.165, 1.54) is 4.68 Å². The van der Waals surface area contributed by atoms with Crippen LogP contribution in [0.3, 0.4) is 0 Å². The first-order valence-electron chi connectivity index (χ1n) is 8.64. The van der Waals surface area contributed by atoms with E-state index < -0.39 is 29.2 Å². The van der Waals surface area contributed by atoms with Crippen molar-refractivity contribution >= 4 is 23.2 Å². The van der Waals surface area contributed by atoms with Crippen LogP contribution in [0.15, 0.2) is 42.5 Å². The van der Waals surface area contributed by atoms with Gasteiger partial charge in [-0.15, -0.1) is 5.10 Å². The number of nitrogens with one attached hydrogen (secondary N) is 1. The van der Waals surface area contributed by atoms with Gasteiger partial charge >= 0.3 is 6.18 Å². The van der Waals surface area contributed by atoms with Crippen molar-refractivity contribution in [3.05, 3.63) is 70.5 Å². The predicted octanol–water partition coefficient (Wildman–Crippen LogP) is 5.21. The molecule has 1 saturated carbocycles. The maximum Gasteiger partial charge on any atom is 0.416 e. The predicted molar refractivity (Wildman–Crippen MR) is 97.7 cm³/mol. The summed E-state index contributed by atoms with van der Waals surface area (Å²) in [6.45, 7) is 0. The fourth-order valence-corrected chi connectivity index (χ4v) is 3.02. The van der Waals surface area contributed by atoms with Gasteiger partial charge in [-0.1, -0.05) is 23.7 Å². The lowest BCUT2D eigenvalue weighted by Gasteiger charge is -2.10. The smallest absolute Gasteiger partial charge is 0.317 e. The fraction of sp³-hybridized carbons (Fsp3) is 0.211. The summed E-state index contributed by atoms with van der Waals surface area (Å²) in [6, 6.07) is 8.62. The van der Waals surface area contributed by atoms with E-state index in [0.717, 1.165) is 12.8 Å². The highest BCUT2D eigenvalue weighted by Gasteiger charge is 2.33. The normalized spacial score (nSPS) is 14.1. The summed E-state index contributed by atoms with van der Waals surface area (Å²) in [7, 11) is 0. The van der Waals surface area contributed by atoms with Gasteiger partial charge < -0.3 is 5.32 Å². The standard InChI is InChI=1S/C19H13ClF4N4O/c20-12-3-1-2-4-15(12)28-17(10-5-6-10)26-16(27-28)18(29)25-14-9-11(19(22,23)24)7-8-13(14)21/h1-4,7-10H,5-6H2,(H,25,29). The molecular weight excluding hydrogens is 412 g/mol. The van der Waals surface area contributed by atoms with Crippen LogP contribution in [0.5, 0.6) is 0 Å². The third kappa shape index (κ3) is 3.95. The number of rotatable bonds is 4. The average molecular weight is 425 g/mol. The van der Waals surface area contributed by atoms with Crippen LogP contribution in [0.4, 0.5) is 23.2 Å². The second-order valence-corrected chi connectivity index (χ2v) is 6.98. The van der Waals surface area contributed by atoms with E-state index in [-0.39, 0.29) is 11.7 Å². The lowest BCUT2D eigenvalue weighted by Crippen LogP contribution is -2.16. The van der Waals surface area contributed by atoms with Crippen molar-refractivity contribution in [3.8, 4) is 5.69 Å². The van der Waals surface area contributed by atoms with E-state index >= 15 is 0 Å². The molecule has 1 N–H and O–H groups in total. The first-order valence-corrected chi connectivity index (χ1v) is 9.02. The maximum absolute atomic E-state index is 13.9. The molecule has 29 heavy (non-hydrogen) atoms. The van der Waals surface area contributed by atoms with Crippen molar-refractivity contribution in [1.82, 2.24) is 14.8 Å². The summed E-state index contributed by atoms with van der Waals surface area (Å²) in [6.07, 6.45) is -2.94. The van der Waals surface area contributed by atoms with Crippen molar-refractivity contribution in [1.29, 1.82) is 0 Å². The number of hydrogen-bond acceptors (Lipinski definition) is 3. The Morgan fingerprint density at radius 1 is 1.17 bits per heavy atom. The molecular formula is C19H13ClF4N4O. The number of nitrogens with zero attached hydrogens (tertiary/aromatic N) is 3. The van der Waals surface area contributed by atoms with Crippen LogP contribution in [0.1, 0.15) is 40.8 Å². The molecule has 1 amide bonds. The Bertz CT molecular complexity index is 1090. The number of carbonyl (C=O) groups is 1. The van der Waals surface area contributed by atoms with Gasteiger partial charge in [0.1, 0.15) is 11.6 Å². The highest BCUT2D eigenvalue weighted by atomic mass is 35.5. The van der Waals surface area contributed by atoms with Crippen molar-refractivity contribution in [2.24, 2.45) is 0 Å². The molecule has 1 aliphatic carbocycles. The molecule has 1 fully saturated rings. The molecule has 0 radical (unpaired) electrons. The lowest BCUT2D eigenvalue weighted by atomic mass is 10.2. The van der Waals surface area contributed by atoms with Gasteiger partial charge in [0.2, 0.25) is 5.82 Å². The number of hydrogen-bond donors (Lipinski definition) is 1. The van der Waals surface area contributed by atoms with Crippen LogP contribution in [-0.2, 0) is 6.18 Å². The largest absolute Gasteiger partial charge is 0.416 e. The monoisotopic (exact) mass is 424 g/mol. The number of para-hydroxylation sites is 1. The zero-order valence-electron chi connectivity index (χ0n) is 14.7. The second-order valence-electron chi connectivity index (χ2n) is 6.58. The SMILES string of the molecule is O=C(Nc1cc(C(F)(F)F)ccc1F)c1nc(C2CC2)n(-c2ccccc2Cl)n1. The molecule has 5 nitrogen and oxygen atoms in total. The van der Waals surface area contributed by atoms with E-state index in [1.807, 2.05) is 0 Å². The molecule has 1 aromatic heterocycles. The Hall–Kier alpha value is -2.94. The third-order valence-electron chi connectivity index (χ3n) is 4.40. The Kier molecular flexibility index (Phi) is 4.77. The summed E-state index contributed by atoms with van der Waals surface area (Å²) >= 11 is 6.21. The van der Waals surface area contributed by atoms with Crippen LogP contribution < -0.4 is 5.32 Å². The molecule has 0 aliphatic heterocycles. The van der Waals surface area contributed by atoms with Crippen LogP contribution in [0.2, 0.25) is 5.02 Å². The topological polar surface area (TPSA) is 59.8 Å². The number of amides is 1. The molecule has 4 rings (SSSR count). The van der Waals surface area contributed by atoms with E-state index in [9.17, 15) is 22.4 Å². The fourth-order valence-electron chi connectivity index (χ4n) is 2.80. The van der Waals surface area contributed by atoms with Crippen LogP contribution in [-0.4, -0.2) is 20.7 Å². The van der Waals surface area contributed by atoms with Gasteiger partial charge in [-0.2, -0.15) is 13.2 Å². The molecule has 0 atom stereocenters. The van der Waals surface area contributed by atoms with E-state index in [4.69, 9.17) is 11.6 Å². The Morgan fingerprint density at radius 2 is 1.90 bits per heavy atom. The summed E-state index contributed by atoms with van der Waals surface area (Å²) in [4.78, 5) is 16.7. The minimum absolute atomic E-state index is 0.102. The van der Waals surface area contributed by atoms with Gasteiger partial charge in [-0.05, 0) is 43.2 Å². The Labute approximate surface area is 167 Å². The number of aromatic nitrogens is 3. The van der Waals surface area contributed by atoms with E-state index in [2.05, 4.69) is 15.4 Å². The molecule has 1 heterocycles. The molecule has 1 aliphatic rings. The molecule has 0 saturated heterocycles. The average Bonchev–Trinajstić information content (AvgIpc) is 3.41. The highest BCUT2D eigenvalue weighted by molar-refractivity contribution is 6.32. The molecule has 0 bridgehead atoms. The van der Waals surface area contributed by atoms with Gasteiger partial charge in [-0.3, -0.25) is 4.79 Å². The third-order valence-corrected chi connectivity index (χ3v) is 4.72. The lowest BCUT2D eigenvalue weighted by molar-refractivity contribution is -0.137. The minimum Gasteiger partial charge on any atom is -0.317 e. The van der Waals surface area contributed by atoms with Crippen LogP contribution in [0, 0.1) is 5.82 Å². The maximum atomic E-state index is 13.9. The number of benzene rings is 2. The molecule has 3 aromatic rings. The summed E-state index contributed by atoms with van der Waals surface area (Å²) in [5.41, 5.74) is -1.16. The Balaban J connectivity index is 1.67. The van der Waals surface area contributed by atoms with Crippen molar-refractivity contribution in [3.63, 3.8) is 0 Å². The van der Waals surface area contributed by atoms with E-state index in [0.29, 0.717) is 34.7 Å². The first kappa shape index (κ1) is 19.4. The number of alkyl halides is 3. The van der Waals surface area contributed by atoms with Crippen LogP contribution >= 0.6 is 11.6 Å². The van der Waals surface area contributed by atoms with Gasteiger partial charge in [0.15, 0.2) is 0 Å². The minimum atomic E-state index is -4.67. The van der Waals surface area contributed by atoms with Crippen molar-refractivity contribution in [2.45, 2.75) is 24.9 Å². The highest BCUT2D eigenvalue weighted by Crippen LogP contribution is 2.40. The molecule has 0 unspecified atom stereocenters. The quantitative estimate of drug-likeness (QED) is 0.585. The molecule has 10 heteroatoms. The number of halogens is 5. The zero-order chi connectivity index (χ0) is 20.8. The zero-order valence-corrected chi connectivity index (χ0v) is 15.4. The summed E-state index contributed by atoms with van der Waals surface area (Å²) in [5, 5.41) is 6.68.